The van der Waals surface area contributed by atoms with Crippen LogP contribution in [0.5, 0.6) is 0 Å². The Hall–Kier alpha value is -2.18. The summed E-state index contributed by atoms with van der Waals surface area (Å²) in [4.78, 5) is 27.9. The number of benzene rings is 2. The molecule has 2 rings (SSSR count). The predicted octanol–water partition coefficient (Wildman–Crippen LogP) is 5.63. The van der Waals surface area contributed by atoms with E-state index in [1.807, 2.05) is 44.2 Å². The standard InChI is InChI=1S/C26H36BrN3O2/c1-4-17-29(18-8-11-22-9-6-5-7-10-22)19-16-26(2,3)28-25(32)30(21-31)20-23-12-14-24(27)15-13-23/h5-7,9-10,12-15,21H,4,8,11,16-20H2,1-3H3,(H,28,32). The van der Waals surface area contributed by atoms with E-state index in [0.29, 0.717) is 6.41 Å². The van der Waals surface area contributed by atoms with Crippen molar-refractivity contribution in [3.05, 3.63) is 70.2 Å². The van der Waals surface area contributed by atoms with Crippen molar-refractivity contribution >= 4 is 28.4 Å². The van der Waals surface area contributed by atoms with Crippen molar-refractivity contribution in [2.45, 2.75) is 58.5 Å². The maximum Gasteiger partial charge on any atom is 0.324 e. The van der Waals surface area contributed by atoms with E-state index in [-0.39, 0.29) is 12.6 Å². The van der Waals surface area contributed by atoms with Crippen molar-refractivity contribution in [1.82, 2.24) is 15.1 Å². The summed E-state index contributed by atoms with van der Waals surface area (Å²) in [5.41, 5.74) is 1.86. The summed E-state index contributed by atoms with van der Waals surface area (Å²) >= 11 is 3.40. The van der Waals surface area contributed by atoms with Gasteiger partial charge in [0.1, 0.15) is 0 Å². The quantitative estimate of drug-likeness (QED) is 0.361. The molecule has 2 aromatic rings. The fourth-order valence-electron chi connectivity index (χ4n) is 3.61. The van der Waals surface area contributed by atoms with Crippen LogP contribution in [-0.4, -0.2) is 47.4 Å². The molecule has 0 fully saturated rings. The molecule has 5 nitrogen and oxygen atoms in total. The zero-order valence-electron chi connectivity index (χ0n) is 19.5. The third-order valence-electron chi connectivity index (χ3n) is 5.48. The lowest BCUT2D eigenvalue weighted by atomic mass is 10.00. The highest BCUT2D eigenvalue weighted by Crippen LogP contribution is 2.14. The van der Waals surface area contributed by atoms with Crippen molar-refractivity contribution in [3.63, 3.8) is 0 Å². The molecule has 0 bridgehead atoms. The number of halogens is 1. The smallest absolute Gasteiger partial charge is 0.324 e. The normalized spacial score (nSPS) is 11.4. The van der Waals surface area contributed by atoms with Gasteiger partial charge < -0.3 is 10.2 Å². The summed E-state index contributed by atoms with van der Waals surface area (Å²) in [6.45, 7) is 9.47. The first-order chi connectivity index (χ1) is 15.3. The van der Waals surface area contributed by atoms with Crippen molar-refractivity contribution in [2.24, 2.45) is 0 Å². The predicted molar refractivity (Wildman–Crippen MR) is 134 cm³/mol. The van der Waals surface area contributed by atoms with Gasteiger partial charge >= 0.3 is 6.03 Å². The highest BCUT2D eigenvalue weighted by Gasteiger charge is 2.24. The lowest BCUT2D eigenvalue weighted by Crippen LogP contribution is -2.50. The topological polar surface area (TPSA) is 52.7 Å². The van der Waals surface area contributed by atoms with Gasteiger partial charge in [0.05, 0.1) is 6.54 Å². The minimum Gasteiger partial charge on any atom is -0.333 e. The fourth-order valence-corrected chi connectivity index (χ4v) is 3.87. The average molecular weight is 502 g/mol. The van der Waals surface area contributed by atoms with Gasteiger partial charge in [0.15, 0.2) is 0 Å². The minimum atomic E-state index is -0.413. The molecule has 0 aromatic heterocycles. The third-order valence-corrected chi connectivity index (χ3v) is 6.00. The van der Waals surface area contributed by atoms with Gasteiger partial charge in [0.2, 0.25) is 6.41 Å². The van der Waals surface area contributed by atoms with Crippen molar-refractivity contribution in [3.8, 4) is 0 Å². The number of imide groups is 1. The Bertz CT molecular complexity index is 825. The third kappa shape index (κ3) is 9.53. The van der Waals surface area contributed by atoms with Crippen LogP contribution in [0, 0.1) is 0 Å². The number of aryl methyl sites for hydroxylation is 1. The van der Waals surface area contributed by atoms with Gasteiger partial charge in [-0.05, 0) is 75.9 Å². The Labute approximate surface area is 201 Å². The van der Waals surface area contributed by atoms with E-state index in [0.717, 1.165) is 55.4 Å². The van der Waals surface area contributed by atoms with E-state index in [9.17, 15) is 9.59 Å². The number of hydrogen-bond acceptors (Lipinski definition) is 3. The number of rotatable bonds is 13. The number of amides is 3. The lowest BCUT2D eigenvalue weighted by Gasteiger charge is -2.31. The summed E-state index contributed by atoms with van der Waals surface area (Å²) in [6.07, 6.45) is 4.70. The molecule has 0 spiro atoms. The van der Waals surface area contributed by atoms with Gasteiger partial charge in [-0.1, -0.05) is 65.3 Å². The van der Waals surface area contributed by atoms with Gasteiger partial charge in [-0.3, -0.25) is 9.69 Å². The molecule has 0 aliphatic carbocycles. The molecule has 0 atom stereocenters. The number of carbonyl (C=O) groups is 2. The molecule has 0 aliphatic heterocycles. The van der Waals surface area contributed by atoms with Crippen LogP contribution in [0.2, 0.25) is 0 Å². The number of carbonyl (C=O) groups excluding carboxylic acids is 2. The summed E-state index contributed by atoms with van der Waals surface area (Å²) < 4.78 is 0.963. The molecule has 0 saturated carbocycles. The van der Waals surface area contributed by atoms with Crippen LogP contribution in [0.3, 0.4) is 0 Å². The highest BCUT2D eigenvalue weighted by molar-refractivity contribution is 9.10. The molecule has 6 heteroatoms. The van der Waals surface area contributed by atoms with Gasteiger partial charge in [-0.2, -0.15) is 0 Å². The molecule has 0 saturated heterocycles. The number of nitrogens with one attached hydrogen (secondary N) is 1. The second-order valence-corrected chi connectivity index (χ2v) is 9.77. The van der Waals surface area contributed by atoms with Gasteiger partial charge in [-0.25, -0.2) is 4.79 Å². The molecular formula is C26H36BrN3O2. The summed E-state index contributed by atoms with van der Waals surface area (Å²) in [5, 5.41) is 3.04. The Kier molecular flexibility index (Phi) is 10.9. The van der Waals surface area contributed by atoms with Gasteiger partial charge in [-0.15, -0.1) is 0 Å². The SMILES string of the molecule is CCCN(CCCc1ccccc1)CCC(C)(C)NC(=O)N(C=O)Cc1ccc(Br)cc1. The molecule has 174 valence electrons. The minimum absolute atomic E-state index is 0.250. The van der Waals surface area contributed by atoms with E-state index in [1.165, 1.54) is 10.5 Å². The molecular weight excluding hydrogens is 466 g/mol. The van der Waals surface area contributed by atoms with E-state index < -0.39 is 5.54 Å². The molecule has 3 amide bonds. The van der Waals surface area contributed by atoms with Crippen LogP contribution >= 0.6 is 15.9 Å². The largest absolute Gasteiger partial charge is 0.333 e. The number of nitrogens with zero attached hydrogens (tertiary/aromatic N) is 2. The molecule has 0 unspecified atom stereocenters. The van der Waals surface area contributed by atoms with Crippen molar-refractivity contribution < 1.29 is 9.59 Å². The molecule has 32 heavy (non-hydrogen) atoms. The van der Waals surface area contributed by atoms with Crippen LogP contribution in [0.25, 0.3) is 0 Å². The van der Waals surface area contributed by atoms with E-state index >= 15 is 0 Å². The fraction of sp³-hybridized carbons (Fsp3) is 0.462. The molecule has 0 heterocycles. The summed E-state index contributed by atoms with van der Waals surface area (Å²) in [5.74, 6) is 0. The Morgan fingerprint density at radius 3 is 2.31 bits per heavy atom. The second kappa shape index (κ2) is 13.4. The van der Waals surface area contributed by atoms with Crippen LogP contribution in [0.15, 0.2) is 59.1 Å². The maximum atomic E-state index is 12.7. The Balaban J connectivity index is 1.83. The zero-order chi connectivity index (χ0) is 23.4. The molecule has 0 radical (unpaired) electrons. The first-order valence-electron chi connectivity index (χ1n) is 11.4. The second-order valence-electron chi connectivity index (χ2n) is 8.85. The molecule has 1 N–H and O–H groups in total. The lowest BCUT2D eigenvalue weighted by molar-refractivity contribution is -0.116. The van der Waals surface area contributed by atoms with Crippen LogP contribution in [-0.2, 0) is 17.8 Å². The van der Waals surface area contributed by atoms with Crippen molar-refractivity contribution in [1.29, 1.82) is 0 Å². The average Bonchev–Trinajstić information content (AvgIpc) is 2.77. The van der Waals surface area contributed by atoms with Crippen LogP contribution < -0.4 is 5.32 Å². The Morgan fingerprint density at radius 2 is 1.69 bits per heavy atom. The van der Waals surface area contributed by atoms with Crippen LogP contribution in [0.4, 0.5) is 4.79 Å². The summed E-state index contributed by atoms with van der Waals surface area (Å²) in [6, 6.07) is 17.8. The van der Waals surface area contributed by atoms with E-state index in [1.54, 1.807) is 0 Å². The van der Waals surface area contributed by atoms with Gasteiger partial charge in [0, 0.05) is 16.6 Å². The monoisotopic (exact) mass is 501 g/mol. The van der Waals surface area contributed by atoms with E-state index in [2.05, 4.69) is 57.3 Å². The molecule has 2 aromatic carbocycles. The number of urea groups is 1. The van der Waals surface area contributed by atoms with E-state index in [4.69, 9.17) is 0 Å². The maximum absolute atomic E-state index is 12.7. The molecule has 0 aliphatic rings. The first kappa shape index (κ1) is 26.1. The van der Waals surface area contributed by atoms with Crippen LogP contribution in [0.1, 0.15) is 51.2 Å². The number of hydrogen-bond donors (Lipinski definition) is 1. The highest BCUT2D eigenvalue weighted by atomic mass is 79.9. The first-order valence-corrected chi connectivity index (χ1v) is 12.2. The zero-order valence-corrected chi connectivity index (χ0v) is 21.1. The van der Waals surface area contributed by atoms with Gasteiger partial charge in [0.25, 0.3) is 0 Å². The Morgan fingerprint density at radius 1 is 1.00 bits per heavy atom. The summed E-state index contributed by atoms with van der Waals surface area (Å²) in [7, 11) is 0. The van der Waals surface area contributed by atoms with Crippen molar-refractivity contribution in [2.75, 3.05) is 19.6 Å².